The van der Waals surface area contributed by atoms with Gasteiger partial charge in [0.15, 0.2) is 0 Å². The predicted octanol–water partition coefficient (Wildman–Crippen LogP) is 5.64. The van der Waals surface area contributed by atoms with E-state index < -0.39 is 5.60 Å². The van der Waals surface area contributed by atoms with E-state index in [-0.39, 0.29) is 5.91 Å². The molecule has 1 aliphatic rings. The van der Waals surface area contributed by atoms with Crippen LogP contribution in [0.5, 0.6) is 5.75 Å². The van der Waals surface area contributed by atoms with Crippen molar-refractivity contribution >= 4 is 11.6 Å². The monoisotopic (exact) mass is 418 g/mol. The van der Waals surface area contributed by atoms with Crippen LogP contribution in [0.25, 0.3) is 0 Å². The number of amides is 1. The first-order valence-electron chi connectivity index (χ1n) is 11.9. The molecule has 1 fully saturated rings. The van der Waals surface area contributed by atoms with Gasteiger partial charge in [-0.25, -0.2) is 0 Å². The van der Waals surface area contributed by atoms with Gasteiger partial charge in [-0.1, -0.05) is 32.6 Å². The lowest BCUT2D eigenvalue weighted by molar-refractivity contribution is -0.139. The van der Waals surface area contributed by atoms with Crippen molar-refractivity contribution in [1.82, 2.24) is 4.90 Å². The van der Waals surface area contributed by atoms with Crippen molar-refractivity contribution in [1.29, 1.82) is 0 Å². The summed E-state index contributed by atoms with van der Waals surface area (Å²) >= 11 is 0. The molecular formula is C25H42N2O3. The van der Waals surface area contributed by atoms with Gasteiger partial charge in [0.25, 0.3) is 5.91 Å². The van der Waals surface area contributed by atoms with Crippen LogP contribution in [0.1, 0.15) is 79.1 Å². The number of benzene rings is 1. The molecule has 2 rings (SSSR count). The van der Waals surface area contributed by atoms with Gasteiger partial charge in [0.05, 0.1) is 6.61 Å². The lowest BCUT2D eigenvalue weighted by Crippen LogP contribution is -2.42. The maximum atomic E-state index is 12.8. The number of carbonyl (C=O) groups is 1. The van der Waals surface area contributed by atoms with E-state index in [1.807, 2.05) is 38.1 Å². The number of unbranched alkanes of at least 4 members (excludes halogenated alkanes) is 2. The summed E-state index contributed by atoms with van der Waals surface area (Å²) in [6.45, 7) is 11.9. The van der Waals surface area contributed by atoms with E-state index in [1.165, 1.54) is 25.8 Å². The van der Waals surface area contributed by atoms with Crippen molar-refractivity contribution in [2.24, 2.45) is 0 Å². The van der Waals surface area contributed by atoms with Crippen LogP contribution in [-0.2, 0) is 9.53 Å². The zero-order valence-corrected chi connectivity index (χ0v) is 19.5. The van der Waals surface area contributed by atoms with Crippen LogP contribution in [-0.4, -0.2) is 48.8 Å². The number of ether oxygens (including phenoxy) is 2. The maximum Gasteiger partial charge on any atom is 0.256 e. The standard InChI is InChI=1S/C25H42N2O3/c1-5-7-9-17-25(4,30-6-2)24(28)26-22-13-15-23(16-14-22)29-20-11-19-27-18-10-8-12-21(27)3/h13-16,21H,5-12,17-20H2,1-4H3,(H,26,28)/t21-,25-/m1/s1. The van der Waals surface area contributed by atoms with Crippen LogP contribution >= 0.6 is 0 Å². The Morgan fingerprint density at radius 3 is 2.60 bits per heavy atom. The summed E-state index contributed by atoms with van der Waals surface area (Å²) in [5.41, 5.74) is -0.0130. The van der Waals surface area contributed by atoms with Gasteiger partial charge in [0, 0.05) is 24.9 Å². The third-order valence-electron chi connectivity index (χ3n) is 6.11. The number of hydrogen-bond donors (Lipinski definition) is 1. The minimum atomic E-state index is -0.787. The summed E-state index contributed by atoms with van der Waals surface area (Å²) in [5.74, 6) is 0.764. The lowest BCUT2D eigenvalue weighted by Gasteiger charge is -2.33. The summed E-state index contributed by atoms with van der Waals surface area (Å²) in [5, 5.41) is 3.01. The Bertz CT molecular complexity index is 619. The molecule has 170 valence electrons. The molecule has 0 aliphatic carbocycles. The number of hydrogen-bond acceptors (Lipinski definition) is 4. The fraction of sp³-hybridized carbons (Fsp3) is 0.720. The third-order valence-corrected chi connectivity index (χ3v) is 6.11. The minimum absolute atomic E-state index is 0.0789. The Kier molecular flexibility index (Phi) is 10.7. The van der Waals surface area contributed by atoms with Crippen LogP contribution in [0.3, 0.4) is 0 Å². The molecule has 5 nitrogen and oxygen atoms in total. The smallest absolute Gasteiger partial charge is 0.256 e. The maximum absolute atomic E-state index is 12.8. The summed E-state index contributed by atoms with van der Waals surface area (Å²) in [6.07, 6.45) is 8.99. The largest absolute Gasteiger partial charge is 0.494 e. The van der Waals surface area contributed by atoms with Crippen molar-refractivity contribution in [3.05, 3.63) is 24.3 Å². The molecule has 0 saturated carbocycles. The average Bonchev–Trinajstić information content (AvgIpc) is 2.74. The van der Waals surface area contributed by atoms with Crippen molar-refractivity contribution < 1.29 is 14.3 Å². The number of piperidine rings is 1. The molecule has 1 aromatic rings. The molecule has 1 amide bonds. The van der Waals surface area contributed by atoms with Crippen molar-refractivity contribution in [2.75, 3.05) is 31.6 Å². The van der Waals surface area contributed by atoms with E-state index >= 15 is 0 Å². The Labute approximate surface area is 183 Å². The van der Waals surface area contributed by atoms with Gasteiger partial charge in [-0.3, -0.25) is 4.79 Å². The molecule has 1 saturated heterocycles. The van der Waals surface area contributed by atoms with E-state index in [9.17, 15) is 4.79 Å². The van der Waals surface area contributed by atoms with Crippen LogP contribution in [0.2, 0.25) is 0 Å². The van der Waals surface area contributed by atoms with Crippen molar-refractivity contribution in [2.45, 2.75) is 90.7 Å². The highest BCUT2D eigenvalue weighted by Crippen LogP contribution is 2.23. The summed E-state index contributed by atoms with van der Waals surface area (Å²) < 4.78 is 11.7. The summed E-state index contributed by atoms with van der Waals surface area (Å²) in [4.78, 5) is 15.4. The highest BCUT2D eigenvalue weighted by atomic mass is 16.5. The highest BCUT2D eigenvalue weighted by Gasteiger charge is 2.33. The molecule has 30 heavy (non-hydrogen) atoms. The Balaban J connectivity index is 1.77. The first-order chi connectivity index (χ1) is 14.5. The molecule has 1 aromatic carbocycles. The van der Waals surface area contributed by atoms with Gasteiger partial charge in [0.1, 0.15) is 11.4 Å². The van der Waals surface area contributed by atoms with Crippen LogP contribution in [0, 0.1) is 0 Å². The molecule has 2 atom stereocenters. The fourth-order valence-electron chi connectivity index (χ4n) is 4.13. The number of anilines is 1. The van der Waals surface area contributed by atoms with Gasteiger partial charge in [0.2, 0.25) is 0 Å². The summed E-state index contributed by atoms with van der Waals surface area (Å²) in [6, 6.07) is 8.35. The van der Waals surface area contributed by atoms with E-state index in [2.05, 4.69) is 24.1 Å². The fourth-order valence-corrected chi connectivity index (χ4v) is 4.13. The van der Waals surface area contributed by atoms with E-state index in [1.54, 1.807) is 0 Å². The quantitative estimate of drug-likeness (QED) is 0.421. The van der Waals surface area contributed by atoms with Gasteiger partial charge in [-0.2, -0.15) is 0 Å². The molecule has 1 heterocycles. The van der Waals surface area contributed by atoms with Gasteiger partial charge >= 0.3 is 0 Å². The number of nitrogens with one attached hydrogen (secondary N) is 1. The summed E-state index contributed by atoms with van der Waals surface area (Å²) in [7, 11) is 0. The lowest BCUT2D eigenvalue weighted by atomic mass is 9.96. The third kappa shape index (κ3) is 7.92. The molecule has 0 bridgehead atoms. The number of rotatable bonds is 13. The minimum Gasteiger partial charge on any atom is -0.494 e. The number of likely N-dealkylation sites (tertiary alicyclic amines) is 1. The molecule has 1 aliphatic heterocycles. The molecule has 0 radical (unpaired) electrons. The van der Waals surface area contributed by atoms with Gasteiger partial charge in [-0.15, -0.1) is 0 Å². The zero-order chi connectivity index (χ0) is 21.8. The first-order valence-corrected chi connectivity index (χ1v) is 11.9. The second-order valence-electron chi connectivity index (χ2n) is 8.68. The molecule has 1 N–H and O–H groups in total. The van der Waals surface area contributed by atoms with Crippen LogP contribution < -0.4 is 10.1 Å². The highest BCUT2D eigenvalue weighted by molar-refractivity contribution is 5.97. The average molecular weight is 419 g/mol. The number of carbonyl (C=O) groups excluding carboxylic acids is 1. The molecular weight excluding hydrogens is 376 g/mol. The zero-order valence-electron chi connectivity index (χ0n) is 19.5. The van der Waals surface area contributed by atoms with Gasteiger partial charge < -0.3 is 19.7 Å². The van der Waals surface area contributed by atoms with Crippen molar-refractivity contribution in [3.63, 3.8) is 0 Å². The number of nitrogens with zero attached hydrogens (tertiary/aromatic N) is 1. The van der Waals surface area contributed by atoms with Crippen LogP contribution in [0.4, 0.5) is 5.69 Å². The normalized spacial score (nSPS) is 19.3. The first kappa shape index (κ1) is 24.7. The topological polar surface area (TPSA) is 50.8 Å². The van der Waals surface area contributed by atoms with E-state index in [4.69, 9.17) is 9.47 Å². The SMILES string of the molecule is CCCCC[C@@](C)(OCC)C(=O)Nc1ccc(OCCCN2CCCC[C@H]2C)cc1. The Morgan fingerprint density at radius 1 is 1.17 bits per heavy atom. The molecule has 5 heteroatoms. The van der Waals surface area contributed by atoms with Gasteiger partial charge in [-0.05, 0) is 77.3 Å². The molecule has 0 spiro atoms. The van der Waals surface area contributed by atoms with Crippen molar-refractivity contribution in [3.8, 4) is 5.75 Å². The predicted molar refractivity (Wildman–Crippen MR) is 124 cm³/mol. The van der Waals surface area contributed by atoms with Crippen LogP contribution in [0.15, 0.2) is 24.3 Å². The molecule has 0 unspecified atom stereocenters. The second-order valence-corrected chi connectivity index (χ2v) is 8.68. The second kappa shape index (κ2) is 13.0. The molecule has 0 aromatic heterocycles. The Morgan fingerprint density at radius 2 is 1.93 bits per heavy atom. The van der Waals surface area contributed by atoms with E-state index in [0.717, 1.165) is 56.7 Å². The van der Waals surface area contributed by atoms with E-state index in [0.29, 0.717) is 12.6 Å². The Hall–Kier alpha value is -1.59.